The smallest absolute Gasteiger partial charge is 0.280 e. The minimum Gasteiger partial charge on any atom is -0.488 e. The number of pyridine rings is 1. The van der Waals surface area contributed by atoms with Gasteiger partial charge < -0.3 is 16.2 Å². The van der Waals surface area contributed by atoms with E-state index in [1.165, 1.54) is 0 Å². The molecule has 0 aliphatic heterocycles. The molecule has 1 aromatic heterocycles. The molecule has 0 saturated carbocycles. The lowest BCUT2D eigenvalue weighted by Crippen LogP contribution is -2.24. The fourth-order valence-corrected chi connectivity index (χ4v) is 2.97. The van der Waals surface area contributed by atoms with Crippen LogP contribution in [0, 0.1) is 6.92 Å². The van der Waals surface area contributed by atoms with E-state index in [0.29, 0.717) is 27.9 Å². The summed E-state index contributed by atoms with van der Waals surface area (Å²) >= 11 is 0. The Morgan fingerprint density at radius 1 is 1.18 bits per heavy atom. The summed E-state index contributed by atoms with van der Waals surface area (Å²) in [6.45, 7) is 6.05. The topological polar surface area (TPSA) is 104 Å². The summed E-state index contributed by atoms with van der Waals surface area (Å²) in [6.07, 6.45) is 0.875. The van der Waals surface area contributed by atoms with Crippen molar-refractivity contribution < 1.29 is 9.53 Å². The molecule has 0 radical (unpaired) electrons. The molecule has 6 heteroatoms. The largest absolute Gasteiger partial charge is 0.488 e. The van der Waals surface area contributed by atoms with Crippen molar-refractivity contribution >= 4 is 22.8 Å². The lowest BCUT2D eigenvalue weighted by atomic mass is 10.0. The molecule has 1 amide bonds. The van der Waals surface area contributed by atoms with E-state index < -0.39 is 5.91 Å². The molecule has 1 unspecified atom stereocenters. The second-order valence-corrected chi connectivity index (χ2v) is 6.70. The Morgan fingerprint density at radius 3 is 2.61 bits per heavy atom. The number of carbonyl (C=O) groups excluding carboxylic acids is 1. The van der Waals surface area contributed by atoms with Gasteiger partial charge in [0.25, 0.3) is 5.91 Å². The number of aryl methyl sites for hydroxylation is 1. The van der Waals surface area contributed by atoms with Crippen LogP contribution in [0.5, 0.6) is 5.75 Å². The van der Waals surface area contributed by atoms with Crippen LogP contribution in [-0.2, 0) is 0 Å². The summed E-state index contributed by atoms with van der Waals surface area (Å²) in [7, 11) is 0. The molecule has 0 bridgehead atoms. The van der Waals surface area contributed by atoms with Crippen molar-refractivity contribution in [3.63, 3.8) is 0 Å². The maximum Gasteiger partial charge on any atom is 0.280 e. The normalized spacial score (nSPS) is 11.8. The Morgan fingerprint density at radius 2 is 1.93 bits per heavy atom. The van der Waals surface area contributed by atoms with Gasteiger partial charge in [0.2, 0.25) is 0 Å². The zero-order valence-electron chi connectivity index (χ0n) is 16.3. The van der Waals surface area contributed by atoms with Crippen LogP contribution in [0.2, 0.25) is 0 Å². The first kappa shape index (κ1) is 19.4. The van der Waals surface area contributed by atoms with E-state index in [4.69, 9.17) is 21.2 Å². The van der Waals surface area contributed by atoms with Crippen molar-refractivity contribution in [3.05, 3.63) is 59.7 Å². The number of fused-ring (bicyclic) bond motifs is 1. The molecule has 4 N–H and O–H groups in total. The highest BCUT2D eigenvalue weighted by Gasteiger charge is 2.18. The van der Waals surface area contributed by atoms with Gasteiger partial charge in [-0.25, -0.2) is 4.98 Å². The van der Waals surface area contributed by atoms with Crippen LogP contribution in [0.25, 0.3) is 22.2 Å². The molecule has 3 aromatic rings. The quantitative estimate of drug-likeness (QED) is 0.521. The molecule has 6 nitrogen and oxygen atoms in total. The highest BCUT2D eigenvalue weighted by Crippen LogP contribution is 2.32. The van der Waals surface area contributed by atoms with Crippen molar-refractivity contribution in [1.82, 2.24) is 4.98 Å². The number of aromatic nitrogens is 1. The molecule has 3 rings (SSSR count). The van der Waals surface area contributed by atoms with E-state index in [0.717, 1.165) is 17.5 Å². The average molecular weight is 376 g/mol. The number of nitrogens with zero attached hydrogens (tertiary/aromatic N) is 2. The number of para-hydroxylation sites is 1. The number of carbonyl (C=O) groups is 1. The average Bonchev–Trinajstić information content (AvgIpc) is 2.67. The molecule has 0 saturated heterocycles. The van der Waals surface area contributed by atoms with Crippen LogP contribution in [0.1, 0.15) is 36.2 Å². The number of aliphatic imine (C=N–C) groups is 1. The Hall–Kier alpha value is -3.41. The van der Waals surface area contributed by atoms with Gasteiger partial charge in [-0.05, 0) is 38.0 Å². The van der Waals surface area contributed by atoms with Crippen LogP contribution in [0.3, 0.4) is 0 Å². The van der Waals surface area contributed by atoms with Crippen molar-refractivity contribution in [1.29, 1.82) is 0 Å². The Bertz CT molecular complexity index is 1060. The molecule has 0 fully saturated rings. The van der Waals surface area contributed by atoms with Crippen molar-refractivity contribution in [3.8, 4) is 17.0 Å². The van der Waals surface area contributed by atoms with Crippen molar-refractivity contribution in [2.75, 3.05) is 0 Å². The van der Waals surface area contributed by atoms with E-state index >= 15 is 0 Å². The van der Waals surface area contributed by atoms with E-state index in [-0.39, 0.29) is 12.1 Å². The Labute approximate surface area is 164 Å². The van der Waals surface area contributed by atoms with Gasteiger partial charge in [-0.2, -0.15) is 4.99 Å². The van der Waals surface area contributed by atoms with Crippen molar-refractivity contribution in [2.24, 2.45) is 16.5 Å². The fourth-order valence-electron chi connectivity index (χ4n) is 2.97. The number of hydrogen-bond donors (Lipinski definition) is 2. The molecule has 0 spiro atoms. The SMILES string of the molecule is CCC(C)Oc1cccc2c(C(=O)N=C(N)N)cc(-c3ccccc3C)nc12. The van der Waals surface area contributed by atoms with Crippen LogP contribution >= 0.6 is 0 Å². The maximum absolute atomic E-state index is 12.7. The number of rotatable bonds is 5. The first-order valence-corrected chi connectivity index (χ1v) is 9.21. The number of ether oxygens (including phenoxy) is 1. The third-order valence-corrected chi connectivity index (χ3v) is 4.59. The van der Waals surface area contributed by atoms with E-state index in [1.807, 2.05) is 56.3 Å². The molecule has 0 aliphatic rings. The van der Waals surface area contributed by atoms with Gasteiger partial charge in [0.05, 0.1) is 17.4 Å². The summed E-state index contributed by atoms with van der Waals surface area (Å²) in [5.74, 6) is -0.164. The van der Waals surface area contributed by atoms with Gasteiger partial charge in [0, 0.05) is 10.9 Å². The highest BCUT2D eigenvalue weighted by atomic mass is 16.5. The number of amides is 1. The number of hydrogen-bond acceptors (Lipinski definition) is 3. The summed E-state index contributed by atoms with van der Waals surface area (Å²) in [5, 5.41) is 0.646. The van der Waals surface area contributed by atoms with Crippen LogP contribution in [0.15, 0.2) is 53.5 Å². The Kier molecular flexibility index (Phi) is 5.59. The minimum absolute atomic E-state index is 0.0198. The van der Waals surface area contributed by atoms with E-state index in [1.54, 1.807) is 6.07 Å². The number of nitrogens with two attached hydrogens (primary N) is 2. The predicted molar refractivity (Wildman–Crippen MR) is 112 cm³/mol. The van der Waals surface area contributed by atoms with Crippen LogP contribution in [-0.4, -0.2) is 23.0 Å². The van der Waals surface area contributed by atoms with Crippen LogP contribution < -0.4 is 16.2 Å². The molecular formula is C22H24N4O2. The first-order valence-electron chi connectivity index (χ1n) is 9.21. The number of guanidine groups is 1. The molecule has 28 heavy (non-hydrogen) atoms. The zero-order chi connectivity index (χ0) is 20.3. The van der Waals surface area contributed by atoms with E-state index in [9.17, 15) is 4.79 Å². The standard InChI is InChI=1S/C22H24N4O2/c1-4-14(3)28-19-11-7-10-16-17(21(27)26-22(23)24)12-18(25-20(16)19)15-9-6-5-8-13(15)2/h5-12,14H,4H2,1-3H3,(H4,23,24,26,27). The predicted octanol–water partition coefficient (Wildman–Crippen LogP) is 3.80. The van der Waals surface area contributed by atoms with Gasteiger partial charge in [0.1, 0.15) is 11.3 Å². The maximum atomic E-state index is 12.7. The highest BCUT2D eigenvalue weighted by molar-refractivity contribution is 6.11. The third-order valence-electron chi connectivity index (χ3n) is 4.59. The minimum atomic E-state index is -0.511. The van der Waals surface area contributed by atoms with Gasteiger partial charge in [0.15, 0.2) is 5.96 Å². The second-order valence-electron chi connectivity index (χ2n) is 6.70. The van der Waals surface area contributed by atoms with E-state index in [2.05, 4.69) is 11.9 Å². The lowest BCUT2D eigenvalue weighted by Gasteiger charge is -2.16. The molecule has 1 heterocycles. The molecule has 0 aliphatic carbocycles. The summed E-state index contributed by atoms with van der Waals surface area (Å²) in [5.41, 5.74) is 14.5. The first-order chi connectivity index (χ1) is 13.4. The van der Waals surface area contributed by atoms with Gasteiger partial charge in [-0.15, -0.1) is 0 Å². The van der Waals surface area contributed by atoms with Gasteiger partial charge >= 0.3 is 0 Å². The van der Waals surface area contributed by atoms with Gasteiger partial charge in [-0.1, -0.05) is 43.3 Å². The van der Waals surface area contributed by atoms with Crippen LogP contribution in [0.4, 0.5) is 0 Å². The molecular weight excluding hydrogens is 352 g/mol. The monoisotopic (exact) mass is 376 g/mol. The molecule has 1 atom stereocenters. The molecule has 2 aromatic carbocycles. The summed E-state index contributed by atoms with van der Waals surface area (Å²) in [6, 6.07) is 15.1. The lowest BCUT2D eigenvalue weighted by molar-refractivity contribution is 0.100. The van der Waals surface area contributed by atoms with Gasteiger partial charge in [-0.3, -0.25) is 4.79 Å². The summed E-state index contributed by atoms with van der Waals surface area (Å²) in [4.78, 5) is 21.3. The second kappa shape index (κ2) is 8.08. The summed E-state index contributed by atoms with van der Waals surface area (Å²) < 4.78 is 6.05. The zero-order valence-corrected chi connectivity index (χ0v) is 16.3. The number of benzene rings is 2. The Balaban J connectivity index is 2.30. The van der Waals surface area contributed by atoms with Crippen molar-refractivity contribution in [2.45, 2.75) is 33.3 Å². The fraction of sp³-hybridized carbons (Fsp3) is 0.227. The molecule has 144 valence electrons. The third kappa shape index (κ3) is 3.96.